The van der Waals surface area contributed by atoms with Crippen LogP contribution in [-0.4, -0.2) is 38.3 Å². The van der Waals surface area contributed by atoms with Crippen molar-refractivity contribution in [3.63, 3.8) is 0 Å². The van der Waals surface area contributed by atoms with Crippen molar-refractivity contribution in [2.45, 2.75) is 42.0 Å². The van der Waals surface area contributed by atoms with Crippen LogP contribution >= 0.6 is 0 Å². The Labute approximate surface area is 126 Å². The van der Waals surface area contributed by atoms with Gasteiger partial charge in [0.05, 0.1) is 9.73 Å². The number of carbonyl (C=O) groups excluding carboxylic acids is 1. The highest BCUT2D eigenvalue weighted by Crippen LogP contribution is 2.01. The van der Waals surface area contributed by atoms with Crippen LogP contribution in [0.5, 0.6) is 0 Å². The monoisotopic (exact) mass is 328 g/mol. The van der Waals surface area contributed by atoms with Crippen LogP contribution in [-0.2, 0) is 24.3 Å². The summed E-state index contributed by atoms with van der Waals surface area (Å²) in [6, 6.07) is 0. The zero-order valence-corrected chi connectivity index (χ0v) is 14.7. The first kappa shape index (κ1) is 24.6. The molecule has 0 aromatic carbocycles. The van der Waals surface area contributed by atoms with E-state index in [1.807, 2.05) is 27.7 Å². The van der Waals surface area contributed by atoms with Crippen molar-refractivity contribution in [2.75, 3.05) is 24.0 Å². The average Bonchev–Trinajstić information content (AvgIpc) is 1.91. The van der Waals surface area contributed by atoms with Gasteiger partial charge in [0.2, 0.25) is 0 Å². The van der Waals surface area contributed by atoms with Gasteiger partial charge in [-0.05, 0) is 11.8 Å². The molecule has 124 valence electrons. The third kappa shape index (κ3) is 22.7. The molecule has 2 unspecified atom stereocenters. The molecule has 1 amide bonds. The van der Waals surface area contributed by atoms with E-state index < -0.39 is 19.5 Å². The van der Waals surface area contributed by atoms with E-state index in [9.17, 15) is 13.2 Å². The van der Waals surface area contributed by atoms with E-state index in [0.717, 1.165) is 0 Å². The Balaban J connectivity index is -0.000000288. The maximum atomic E-state index is 11.4. The molecule has 1 N–H and O–H groups in total. The molecule has 7 heteroatoms. The number of nitrogens with one attached hydrogen (secondary N) is 1. The Hall–Kier alpha value is -0.430. The quantitative estimate of drug-likeness (QED) is 0.859. The van der Waals surface area contributed by atoms with E-state index >= 15 is 0 Å². The molecule has 20 heavy (non-hydrogen) atoms. The van der Waals surface area contributed by atoms with Crippen LogP contribution in [0.2, 0.25) is 0 Å². The first-order valence-electron chi connectivity index (χ1n) is 6.17. The average molecular weight is 329 g/mol. The number of hydrogen-bond donors (Lipinski definition) is 1. The Morgan fingerprint density at radius 3 is 1.55 bits per heavy atom. The number of hydrogen-bond acceptors (Lipinski definition) is 4. The summed E-state index contributed by atoms with van der Waals surface area (Å²) in [5.74, 6) is 1.36. The van der Waals surface area contributed by atoms with Crippen LogP contribution in [0.25, 0.3) is 0 Å². The van der Waals surface area contributed by atoms with Crippen LogP contribution < -0.4 is 0 Å². The topological polar surface area (TPSA) is 87.4 Å². The predicted molar refractivity (Wildman–Crippen MR) is 90.1 cm³/mol. The van der Waals surface area contributed by atoms with Crippen molar-refractivity contribution >= 4 is 25.4 Å². The summed E-state index contributed by atoms with van der Waals surface area (Å²) in [4.78, 5) is 10.5. The minimum atomic E-state index is -2.25. The fraction of sp³-hybridized carbons (Fsp3) is 0.923. The van der Waals surface area contributed by atoms with Gasteiger partial charge in [0, 0.05) is 40.7 Å². The van der Waals surface area contributed by atoms with E-state index in [4.69, 9.17) is 4.78 Å². The summed E-state index contributed by atoms with van der Waals surface area (Å²) < 4.78 is 32.6. The largest absolute Gasteiger partial charge is 0.272 e. The summed E-state index contributed by atoms with van der Waals surface area (Å²) in [5.41, 5.74) is 0. The SMILES string of the molecule is C.CC(=O)N=S(C)(=O)CC(C)C.CC(C)CS(C)(=N)=O. The molecule has 0 aliphatic carbocycles. The highest BCUT2D eigenvalue weighted by molar-refractivity contribution is 7.93. The molecule has 2 atom stereocenters. The van der Waals surface area contributed by atoms with Crippen LogP contribution in [0, 0.1) is 16.6 Å². The minimum absolute atomic E-state index is 0. The van der Waals surface area contributed by atoms with Crippen LogP contribution in [0.4, 0.5) is 0 Å². The molecule has 0 bridgehead atoms. The van der Waals surface area contributed by atoms with Gasteiger partial charge in [-0.1, -0.05) is 35.1 Å². The maximum absolute atomic E-state index is 11.4. The normalized spacial score (nSPS) is 16.2. The highest BCUT2D eigenvalue weighted by atomic mass is 32.2. The highest BCUT2D eigenvalue weighted by Gasteiger charge is 2.05. The van der Waals surface area contributed by atoms with Crippen molar-refractivity contribution in [1.29, 1.82) is 4.78 Å². The van der Waals surface area contributed by atoms with Gasteiger partial charge in [-0.3, -0.25) is 13.8 Å². The first-order valence-corrected chi connectivity index (χ1v) is 10.4. The van der Waals surface area contributed by atoms with Gasteiger partial charge in [0.15, 0.2) is 0 Å². The lowest BCUT2D eigenvalue weighted by Gasteiger charge is -2.04. The maximum Gasteiger partial charge on any atom is 0.250 e. The first-order chi connectivity index (χ1) is 8.25. The van der Waals surface area contributed by atoms with E-state index in [2.05, 4.69) is 4.36 Å². The van der Waals surface area contributed by atoms with Gasteiger partial charge in [-0.2, -0.15) is 4.36 Å². The number of rotatable bonds is 4. The summed E-state index contributed by atoms with van der Waals surface area (Å²) in [6.07, 6.45) is 3.00. The van der Waals surface area contributed by atoms with Crippen LogP contribution in [0.15, 0.2) is 4.36 Å². The van der Waals surface area contributed by atoms with Crippen molar-refractivity contribution in [1.82, 2.24) is 0 Å². The summed E-state index contributed by atoms with van der Waals surface area (Å²) in [6.45, 7) is 9.18. The lowest BCUT2D eigenvalue weighted by Crippen LogP contribution is -2.10. The van der Waals surface area contributed by atoms with Crippen LogP contribution in [0.1, 0.15) is 42.0 Å². The second-order valence-corrected chi connectivity index (χ2v) is 10.5. The fourth-order valence-corrected chi connectivity index (χ4v) is 4.69. The molecular formula is C13H32N2O3S2. The van der Waals surface area contributed by atoms with E-state index in [1.165, 1.54) is 19.4 Å². The Kier molecular flexibility index (Phi) is 12.7. The summed E-state index contributed by atoms with van der Waals surface area (Å²) >= 11 is 0. The van der Waals surface area contributed by atoms with Crippen molar-refractivity contribution in [3.8, 4) is 0 Å². The molecule has 0 aromatic rings. The molecule has 0 aliphatic heterocycles. The van der Waals surface area contributed by atoms with Crippen molar-refractivity contribution in [2.24, 2.45) is 16.2 Å². The standard InChI is InChI=1S/C7H15NO2S.C5H13NOS.CH4/c1-6(2)5-11(4,10)8-7(3)9;1-5(2)4-8(3,6)7;/h6H,5H2,1-4H3;5-6H,4H2,1-3H3;1H4. The lowest BCUT2D eigenvalue weighted by atomic mass is 10.3. The molecule has 0 aliphatic rings. The zero-order valence-electron chi connectivity index (χ0n) is 13.1. The predicted octanol–water partition coefficient (Wildman–Crippen LogP) is 3.24. The van der Waals surface area contributed by atoms with Crippen LogP contribution in [0.3, 0.4) is 0 Å². The summed E-state index contributed by atoms with van der Waals surface area (Å²) in [7, 11) is -4.48. The van der Waals surface area contributed by atoms with Crippen molar-refractivity contribution in [3.05, 3.63) is 0 Å². The fourth-order valence-electron chi connectivity index (χ4n) is 1.56. The third-order valence-electron chi connectivity index (χ3n) is 1.62. The van der Waals surface area contributed by atoms with Gasteiger partial charge in [-0.15, -0.1) is 0 Å². The molecule has 0 spiro atoms. The number of nitrogens with zero attached hydrogens (tertiary/aromatic N) is 1. The Bertz CT molecular complexity index is 486. The molecule has 0 fully saturated rings. The molecular weight excluding hydrogens is 296 g/mol. The molecule has 0 saturated carbocycles. The smallest absolute Gasteiger partial charge is 0.250 e. The second-order valence-electron chi connectivity index (χ2n) is 5.70. The molecule has 0 aromatic heterocycles. The molecule has 0 rings (SSSR count). The molecule has 0 heterocycles. The molecule has 0 radical (unpaired) electrons. The van der Waals surface area contributed by atoms with Crippen molar-refractivity contribution < 1.29 is 13.2 Å². The Morgan fingerprint density at radius 1 is 1.05 bits per heavy atom. The molecule has 0 saturated heterocycles. The lowest BCUT2D eigenvalue weighted by molar-refractivity contribution is -0.115. The number of carbonyl (C=O) groups is 1. The second kappa shape index (κ2) is 10.3. The van der Waals surface area contributed by atoms with Gasteiger partial charge < -0.3 is 0 Å². The van der Waals surface area contributed by atoms with Gasteiger partial charge in [0.1, 0.15) is 0 Å². The van der Waals surface area contributed by atoms with E-state index in [-0.39, 0.29) is 13.3 Å². The Morgan fingerprint density at radius 2 is 1.40 bits per heavy atom. The van der Waals surface area contributed by atoms with Gasteiger partial charge in [-0.25, -0.2) is 4.21 Å². The van der Waals surface area contributed by atoms with Gasteiger partial charge >= 0.3 is 0 Å². The van der Waals surface area contributed by atoms with E-state index in [0.29, 0.717) is 23.3 Å². The molecule has 5 nitrogen and oxygen atoms in total. The summed E-state index contributed by atoms with van der Waals surface area (Å²) in [5, 5.41) is 0. The zero-order chi connectivity index (χ0) is 15.9. The number of amides is 1. The minimum Gasteiger partial charge on any atom is -0.272 e. The van der Waals surface area contributed by atoms with E-state index in [1.54, 1.807) is 0 Å². The third-order valence-corrected chi connectivity index (χ3v) is 4.85. The van der Waals surface area contributed by atoms with Gasteiger partial charge in [0.25, 0.3) is 5.91 Å².